The van der Waals surface area contributed by atoms with Gasteiger partial charge < -0.3 is 20.2 Å². The highest BCUT2D eigenvalue weighted by molar-refractivity contribution is 5.85. The van der Waals surface area contributed by atoms with Crippen LogP contribution >= 0.6 is 0 Å². The molecule has 0 unspecified atom stereocenters. The van der Waals surface area contributed by atoms with E-state index in [2.05, 4.69) is 5.32 Å². The van der Waals surface area contributed by atoms with E-state index in [4.69, 9.17) is 5.11 Å². The van der Waals surface area contributed by atoms with E-state index in [-0.39, 0.29) is 19.0 Å². The Labute approximate surface area is 118 Å². The zero-order valence-electron chi connectivity index (χ0n) is 12.1. The Hall–Kier alpha value is -1.79. The highest BCUT2D eigenvalue weighted by atomic mass is 16.4. The van der Waals surface area contributed by atoms with Crippen LogP contribution in [0, 0.1) is 5.92 Å². The molecular weight excluding hydrogens is 262 g/mol. The van der Waals surface area contributed by atoms with E-state index < -0.39 is 12.0 Å². The highest BCUT2D eigenvalue weighted by Gasteiger charge is 2.29. The van der Waals surface area contributed by atoms with Crippen LogP contribution in [0.2, 0.25) is 0 Å². The maximum absolute atomic E-state index is 12.2. The van der Waals surface area contributed by atoms with E-state index in [0.29, 0.717) is 19.0 Å². The van der Waals surface area contributed by atoms with Crippen molar-refractivity contribution in [3.05, 3.63) is 0 Å². The van der Waals surface area contributed by atoms with Gasteiger partial charge in [0.15, 0.2) is 0 Å². The number of carbonyl (C=O) groups excluding carboxylic acids is 2. The summed E-state index contributed by atoms with van der Waals surface area (Å²) < 4.78 is 0. The van der Waals surface area contributed by atoms with Crippen LogP contribution in [0.4, 0.5) is 4.79 Å². The minimum atomic E-state index is -1.04. The van der Waals surface area contributed by atoms with Gasteiger partial charge in [-0.1, -0.05) is 6.92 Å². The maximum atomic E-state index is 12.2. The molecule has 2 N–H and O–H groups in total. The summed E-state index contributed by atoms with van der Waals surface area (Å²) in [6.45, 7) is 2.59. The molecule has 0 aromatic heterocycles. The van der Waals surface area contributed by atoms with Gasteiger partial charge in [0.2, 0.25) is 5.91 Å². The molecule has 0 heterocycles. The zero-order valence-corrected chi connectivity index (χ0v) is 12.1. The van der Waals surface area contributed by atoms with Crippen molar-refractivity contribution in [2.24, 2.45) is 5.92 Å². The summed E-state index contributed by atoms with van der Waals surface area (Å²) >= 11 is 0. The lowest BCUT2D eigenvalue weighted by molar-refractivity contribution is -0.137. The molecule has 7 nitrogen and oxygen atoms in total. The lowest BCUT2D eigenvalue weighted by Gasteiger charge is -2.26. The Morgan fingerprint density at radius 3 is 2.40 bits per heavy atom. The molecule has 1 aliphatic rings. The van der Waals surface area contributed by atoms with Crippen molar-refractivity contribution in [2.45, 2.75) is 26.2 Å². The van der Waals surface area contributed by atoms with Gasteiger partial charge in [-0.05, 0) is 25.2 Å². The number of likely N-dealkylation sites (N-methyl/N-ethyl adjacent to an activating group) is 1. The van der Waals surface area contributed by atoms with Gasteiger partial charge in [0.1, 0.15) is 13.1 Å². The number of carbonyl (C=O) groups is 3. The molecule has 1 saturated carbocycles. The Bertz CT molecular complexity index is 369. The summed E-state index contributed by atoms with van der Waals surface area (Å²) in [7, 11) is 1.51. The number of amides is 3. The molecule has 114 valence electrons. The van der Waals surface area contributed by atoms with Gasteiger partial charge in [-0.25, -0.2) is 4.79 Å². The molecule has 3 amide bonds. The minimum Gasteiger partial charge on any atom is -0.480 e. The van der Waals surface area contributed by atoms with Crippen LogP contribution in [0.3, 0.4) is 0 Å². The second-order valence-electron chi connectivity index (χ2n) is 5.21. The first-order valence-electron chi connectivity index (χ1n) is 6.92. The average molecular weight is 285 g/mol. The van der Waals surface area contributed by atoms with Crippen LogP contribution < -0.4 is 5.32 Å². The first kappa shape index (κ1) is 16.3. The summed E-state index contributed by atoms with van der Waals surface area (Å²) in [4.78, 5) is 37.1. The van der Waals surface area contributed by atoms with Gasteiger partial charge in [0.05, 0.1) is 0 Å². The summed E-state index contributed by atoms with van der Waals surface area (Å²) in [5, 5.41) is 11.5. The molecule has 0 spiro atoms. The predicted octanol–water partition coefficient (Wildman–Crippen LogP) is 0.361. The summed E-state index contributed by atoms with van der Waals surface area (Å²) in [6.07, 6.45) is 2.89. The number of nitrogens with one attached hydrogen (secondary N) is 1. The number of hydrogen-bond donors (Lipinski definition) is 2. The summed E-state index contributed by atoms with van der Waals surface area (Å²) in [5.41, 5.74) is 0. The first-order valence-corrected chi connectivity index (χ1v) is 6.92. The van der Waals surface area contributed by atoms with E-state index in [1.165, 1.54) is 16.8 Å². The Kier molecular flexibility index (Phi) is 6.27. The monoisotopic (exact) mass is 285 g/mol. The van der Waals surface area contributed by atoms with Gasteiger partial charge in [-0.15, -0.1) is 0 Å². The van der Waals surface area contributed by atoms with Crippen LogP contribution in [0.5, 0.6) is 0 Å². The van der Waals surface area contributed by atoms with Crippen molar-refractivity contribution >= 4 is 17.9 Å². The first-order chi connectivity index (χ1) is 9.43. The van der Waals surface area contributed by atoms with E-state index in [9.17, 15) is 14.4 Å². The minimum absolute atomic E-state index is 0.0559. The molecule has 0 aromatic rings. The zero-order chi connectivity index (χ0) is 15.1. The molecule has 0 aliphatic heterocycles. The molecule has 0 saturated heterocycles. The van der Waals surface area contributed by atoms with Crippen molar-refractivity contribution in [3.63, 3.8) is 0 Å². The molecule has 1 fully saturated rings. The van der Waals surface area contributed by atoms with Gasteiger partial charge in [0, 0.05) is 20.1 Å². The van der Waals surface area contributed by atoms with Crippen molar-refractivity contribution in [1.29, 1.82) is 0 Å². The lowest BCUT2D eigenvalue weighted by atomic mass is 10.3. The molecule has 1 aliphatic carbocycles. The number of nitrogens with zero attached hydrogens (tertiary/aromatic N) is 2. The third-order valence-corrected chi connectivity index (χ3v) is 3.05. The van der Waals surface area contributed by atoms with Gasteiger partial charge in [0.25, 0.3) is 0 Å². The SMILES string of the molecule is CCCNC(=O)CN(C)C(=O)N(CC(=O)O)CC1CC1. The second-order valence-corrected chi connectivity index (χ2v) is 5.21. The second kappa shape index (κ2) is 7.72. The number of carboxylic acid groups (broad SMARTS) is 1. The number of urea groups is 1. The molecule has 20 heavy (non-hydrogen) atoms. The predicted molar refractivity (Wildman–Crippen MR) is 73.3 cm³/mol. The molecule has 0 radical (unpaired) electrons. The van der Waals surface area contributed by atoms with E-state index in [1.54, 1.807) is 0 Å². The fourth-order valence-corrected chi connectivity index (χ4v) is 1.83. The number of hydrogen-bond acceptors (Lipinski definition) is 3. The fraction of sp³-hybridized carbons (Fsp3) is 0.769. The van der Waals surface area contributed by atoms with Crippen LogP contribution in [-0.4, -0.2) is 66.0 Å². The van der Waals surface area contributed by atoms with E-state index >= 15 is 0 Å². The van der Waals surface area contributed by atoms with E-state index in [1.807, 2.05) is 6.92 Å². The van der Waals surface area contributed by atoms with Gasteiger partial charge in [-0.3, -0.25) is 9.59 Å². The van der Waals surface area contributed by atoms with Crippen LogP contribution in [-0.2, 0) is 9.59 Å². The lowest BCUT2D eigenvalue weighted by Crippen LogP contribution is -2.47. The topological polar surface area (TPSA) is 90.0 Å². The maximum Gasteiger partial charge on any atom is 0.323 e. The van der Waals surface area contributed by atoms with Crippen LogP contribution in [0.1, 0.15) is 26.2 Å². The fourth-order valence-electron chi connectivity index (χ4n) is 1.83. The molecule has 0 atom stereocenters. The molecule has 0 aromatic carbocycles. The van der Waals surface area contributed by atoms with Crippen molar-refractivity contribution < 1.29 is 19.5 Å². The van der Waals surface area contributed by atoms with Crippen molar-refractivity contribution in [3.8, 4) is 0 Å². The third-order valence-electron chi connectivity index (χ3n) is 3.05. The smallest absolute Gasteiger partial charge is 0.323 e. The molecule has 0 bridgehead atoms. The van der Waals surface area contributed by atoms with Gasteiger partial charge >= 0.3 is 12.0 Å². The molecule has 7 heteroatoms. The average Bonchev–Trinajstić information content (AvgIpc) is 3.18. The Balaban J connectivity index is 2.48. The largest absolute Gasteiger partial charge is 0.480 e. The number of carboxylic acids is 1. The highest BCUT2D eigenvalue weighted by Crippen LogP contribution is 2.29. The number of rotatable bonds is 8. The summed E-state index contributed by atoms with van der Waals surface area (Å²) in [6, 6.07) is -0.411. The summed E-state index contributed by atoms with van der Waals surface area (Å²) in [5.74, 6) is -0.868. The standard InChI is InChI=1S/C13H23N3O4/c1-3-6-14-11(17)8-15(2)13(20)16(9-12(18)19)7-10-4-5-10/h10H,3-9H2,1-2H3,(H,14,17)(H,18,19). The van der Waals surface area contributed by atoms with Crippen LogP contribution in [0.25, 0.3) is 0 Å². The Morgan fingerprint density at radius 1 is 1.25 bits per heavy atom. The number of aliphatic carboxylic acids is 1. The third kappa shape index (κ3) is 5.90. The molecule has 1 rings (SSSR count). The van der Waals surface area contributed by atoms with Crippen LogP contribution in [0.15, 0.2) is 0 Å². The normalized spacial score (nSPS) is 13.7. The van der Waals surface area contributed by atoms with Crippen molar-refractivity contribution in [2.75, 3.05) is 33.2 Å². The molecular formula is C13H23N3O4. The quantitative estimate of drug-likeness (QED) is 0.674. The van der Waals surface area contributed by atoms with Gasteiger partial charge in [-0.2, -0.15) is 0 Å². The Morgan fingerprint density at radius 2 is 1.90 bits per heavy atom. The van der Waals surface area contributed by atoms with Crippen molar-refractivity contribution in [1.82, 2.24) is 15.1 Å². The van der Waals surface area contributed by atoms with E-state index in [0.717, 1.165) is 19.3 Å².